The van der Waals surface area contributed by atoms with E-state index < -0.39 is 25.1 Å². The van der Waals surface area contributed by atoms with Crippen LogP contribution >= 0.6 is 0 Å². The molecule has 2 aromatic rings. The van der Waals surface area contributed by atoms with Crippen molar-refractivity contribution in [3.8, 4) is 22.6 Å². The number of hydrogen-bond acceptors (Lipinski definition) is 3. The van der Waals surface area contributed by atoms with Crippen LogP contribution < -0.4 is 9.47 Å². The first-order valence-electron chi connectivity index (χ1n) is 5.65. The predicted octanol–water partition coefficient (Wildman–Crippen LogP) is 3.62. The molecule has 0 aliphatic rings. The number of nitrogens with zero attached hydrogens (tertiary/aromatic N) is 1. The minimum absolute atomic E-state index is 0.000949. The Hall–Kier alpha value is -2.32. The molecule has 1 heterocycles. The van der Waals surface area contributed by atoms with Crippen LogP contribution in [0.3, 0.4) is 0 Å². The topological polar surface area (TPSA) is 47.1 Å². The maximum atomic E-state index is 12.3. The van der Waals surface area contributed by atoms with Gasteiger partial charge in [0.25, 0.3) is 6.43 Å². The first-order valence-corrected chi connectivity index (χ1v) is 5.65. The normalized spacial score (nSPS) is 11.7. The molecule has 0 radical (unpaired) electrons. The SMILES string of the molecule is FC(F)COc1ccc(OC(F)(F)F)c(-c2cn[nH]c2)c1. The Morgan fingerprint density at radius 3 is 2.57 bits per heavy atom. The molecule has 2 rings (SSSR count). The lowest BCUT2D eigenvalue weighted by atomic mass is 10.1. The Balaban J connectivity index is 2.33. The second-order valence-corrected chi connectivity index (χ2v) is 3.89. The molecule has 0 saturated carbocycles. The molecule has 21 heavy (non-hydrogen) atoms. The molecule has 4 nitrogen and oxygen atoms in total. The van der Waals surface area contributed by atoms with Gasteiger partial charge in [0.05, 0.1) is 6.20 Å². The first kappa shape index (κ1) is 15.1. The summed E-state index contributed by atoms with van der Waals surface area (Å²) in [6.07, 6.45) is -4.94. The van der Waals surface area contributed by atoms with Crippen LogP contribution in [0.4, 0.5) is 22.0 Å². The van der Waals surface area contributed by atoms with E-state index in [1.54, 1.807) is 0 Å². The van der Waals surface area contributed by atoms with Gasteiger partial charge >= 0.3 is 6.36 Å². The molecule has 1 aromatic carbocycles. The van der Waals surface area contributed by atoms with Crippen molar-refractivity contribution in [1.82, 2.24) is 10.2 Å². The molecule has 0 spiro atoms. The van der Waals surface area contributed by atoms with Crippen LogP contribution in [-0.4, -0.2) is 29.6 Å². The average Bonchev–Trinajstić information content (AvgIpc) is 2.89. The zero-order valence-corrected chi connectivity index (χ0v) is 10.3. The molecule has 114 valence electrons. The first-order chi connectivity index (χ1) is 9.85. The van der Waals surface area contributed by atoms with Crippen molar-refractivity contribution < 1.29 is 31.4 Å². The lowest BCUT2D eigenvalue weighted by molar-refractivity contribution is -0.274. The molecule has 0 atom stereocenters. The minimum Gasteiger partial charge on any atom is -0.488 e. The molecule has 0 unspecified atom stereocenters. The number of nitrogens with one attached hydrogen (secondary N) is 1. The standard InChI is InChI=1S/C12H9F5N2O2/c13-11(14)6-20-8-1-2-10(21-12(15,16)17)9(3-8)7-4-18-19-5-7/h1-5,11H,6H2,(H,18,19). The second kappa shape index (κ2) is 5.98. The summed E-state index contributed by atoms with van der Waals surface area (Å²) in [5.74, 6) is -0.477. The number of aromatic nitrogens is 2. The van der Waals surface area contributed by atoms with Gasteiger partial charge in [0.2, 0.25) is 0 Å². The van der Waals surface area contributed by atoms with E-state index in [9.17, 15) is 22.0 Å². The number of ether oxygens (including phenoxy) is 2. The van der Waals surface area contributed by atoms with Crippen molar-refractivity contribution in [1.29, 1.82) is 0 Å². The number of rotatable bonds is 5. The van der Waals surface area contributed by atoms with E-state index in [-0.39, 0.29) is 11.3 Å². The minimum atomic E-state index is -4.87. The quantitative estimate of drug-likeness (QED) is 0.858. The van der Waals surface area contributed by atoms with E-state index in [1.165, 1.54) is 18.5 Å². The van der Waals surface area contributed by atoms with E-state index in [2.05, 4.69) is 14.9 Å². The largest absolute Gasteiger partial charge is 0.573 e. The van der Waals surface area contributed by atoms with Crippen molar-refractivity contribution in [2.45, 2.75) is 12.8 Å². The Kier molecular flexibility index (Phi) is 4.29. The highest BCUT2D eigenvalue weighted by Gasteiger charge is 2.32. The fraction of sp³-hybridized carbons (Fsp3) is 0.250. The lowest BCUT2D eigenvalue weighted by Gasteiger charge is -2.14. The summed E-state index contributed by atoms with van der Waals surface area (Å²) in [6.45, 7) is -0.857. The van der Waals surface area contributed by atoms with Gasteiger partial charge in [-0.25, -0.2) is 8.78 Å². The summed E-state index contributed by atoms with van der Waals surface area (Å²) in [4.78, 5) is 0. The average molecular weight is 308 g/mol. The molecule has 0 amide bonds. The third kappa shape index (κ3) is 4.33. The fourth-order valence-corrected chi connectivity index (χ4v) is 1.60. The Labute approximate surface area is 115 Å². The molecule has 0 aliphatic carbocycles. The number of H-pyrrole nitrogens is 1. The number of halogens is 5. The Morgan fingerprint density at radius 2 is 2.00 bits per heavy atom. The van der Waals surface area contributed by atoms with Gasteiger partial charge in [-0.1, -0.05) is 0 Å². The highest BCUT2D eigenvalue weighted by molar-refractivity contribution is 5.70. The third-order valence-corrected chi connectivity index (χ3v) is 2.36. The summed E-state index contributed by atoms with van der Waals surface area (Å²) in [5, 5.41) is 6.06. The van der Waals surface area contributed by atoms with Crippen LogP contribution in [0.25, 0.3) is 11.1 Å². The lowest BCUT2D eigenvalue weighted by Crippen LogP contribution is -2.17. The molecule has 0 aliphatic heterocycles. The van der Waals surface area contributed by atoms with Crippen molar-refractivity contribution in [3.63, 3.8) is 0 Å². The van der Waals surface area contributed by atoms with Gasteiger partial charge in [0.15, 0.2) is 0 Å². The van der Waals surface area contributed by atoms with Crippen molar-refractivity contribution in [2.75, 3.05) is 6.61 Å². The molecule has 0 bridgehead atoms. The van der Waals surface area contributed by atoms with Crippen molar-refractivity contribution >= 4 is 0 Å². The molecule has 1 N–H and O–H groups in total. The maximum absolute atomic E-state index is 12.3. The number of hydrogen-bond donors (Lipinski definition) is 1. The van der Waals surface area contributed by atoms with Crippen LogP contribution in [0.5, 0.6) is 11.5 Å². The number of benzene rings is 1. The van der Waals surface area contributed by atoms with Crippen molar-refractivity contribution in [3.05, 3.63) is 30.6 Å². The van der Waals surface area contributed by atoms with E-state index in [0.717, 1.165) is 12.1 Å². The highest BCUT2D eigenvalue weighted by Crippen LogP contribution is 2.36. The van der Waals surface area contributed by atoms with Gasteiger partial charge < -0.3 is 9.47 Å². The third-order valence-electron chi connectivity index (χ3n) is 2.36. The molecule has 0 fully saturated rings. The van der Waals surface area contributed by atoms with E-state index in [4.69, 9.17) is 4.74 Å². The fourth-order valence-electron chi connectivity index (χ4n) is 1.60. The van der Waals surface area contributed by atoms with Gasteiger partial charge in [-0.15, -0.1) is 13.2 Å². The molecular weight excluding hydrogens is 299 g/mol. The van der Waals surface area contributed by atoms with Crippen LogP contribution in [-0.2, 0) is 0 Å². The maximum Gasteiger partial charge on any atom is 0.573 e. The van der Waals surface area contributed by atoms with Gasteiger partial charge in [-0.05, 0) is 18.2 Å². The highest BCUT2D eigenvalue weighted by atomic mass is 19.4. The van der Waals surface area contributed by atoms with Crippen molar-refractivity contribution in [2.24, 2.45) is 0 Å². The van der Waals surface area contributed by atoms with Crippen LogP contribution in [0.15, 0.2) is 30.6 Å². The summed E-state index contributed by atoms with van der Waals surface area (Å²) in [6, 6.07) is 3.29. The molecular formula is C12H9F5N2O2. The monoisotopic (exact) mass is 308 g/mol. The molecule has 0 saturated heterocycles. The van der Waals surface area contributed by atoms with E-state index >= 15 is 0 Å². The zero-order valence-electron chi connectivity index (χ0n) is 10.3. The smallest absolute Gasteiger partial charge is 0.488 e. The number of aromatic amines is 1. The van der Waals surface area contributed by atoms with Gasteiger partial charge in [-0.3, -0.25) is 5.10 Å². The molecule has 9 heteroatoms. The summed E-state index contributed by atoms with van der Waals surface area (Å²) < 4.78 is 69.9. The van der Waals surface area contributed by atoms with E-state index in [1.807, 2.05) is 0 Å². The van der Waals surface area contributed by atoms with Crippen LogP contribution in [0.2, 0.25) is 0 Å². The Morgan fingerprint density at radius 1 is 1.24 bits per heavy atom. The number of alkyl halides is 5. The second-order valence-electron chi connectivity index (χ2n) is 3.89. The van der Waals surface area contributed by atoms with E-state index in [0.29, 0.717) is 5.56 Å². The van der Waals surface area contributed by atoms with Gasteiger partial charge in [0, 0.05) is 17.3 Å². The summed E-state index contributed by atoms with van der Waals surface area (Å²) >= 11 is 0. The summed E-state index contributed by atoms with van der Waals surface area (Å²) in [7, 11) is 0. The summed E-state index contributed by atoms with van der Waals surface area (Å²) in [5.41, 5.74) is 0.324. The van der Waals surface area contributed by atoms with Crippen LogP contribution in [0, 0.1) is 0 Å². The van der Waals surface area contributed by atoms with Gasteiger partial charge in [0.1, 0.15) is 18.1 Å². The Bertz CT molecular complexity index is 584. The van der Waals surface area contributed by atoms with Crippen LogP contribution in [0.1, 0.15) is 0 Å². The zero-order chi connectivity index (χ0) is 15.5. The van der Waals surface area contributed by atoms with Gasteiger partial charge in [-0.2, -0.15) is 5.10 Å². The molecule has 1 aromatic heterocycles. The predicted molar refractivity (Wildman–Crippen MR) is 62.2 cm³/mol.